The van der Waals surface area contributed by atoms with Crippen molar-refractivity contribution in [3.05, 3.63) is 15.8 Å². The van der Waals surface area contributed by atoms with Gasteiger partial charge in [0.2, 0.25) is 10.0 Å². The first-order valence-corrected chi connectivity index (χ1v) is 9.46. The summed E-state index contributed by atoms with van der Waals surface area (Å²) < 4.78 is 33.1. The number of rotatable bonds is 8. The molecule has 1 aromatic rings. The summed E-state index contributed by atoms with van der Waals surface area (Å²) in [5.74, 6) is 0. The quantitative estimate of drug-likeness (QED) is 0.764. The van der Waals surface area contributed by atoms with E-state index in [1.807, 2.05) is 26.2 Å². The van der Waals surface area contributed by atoms with Crippen molar-refractivity contribution in [2.45, 2.75) is 56.7 Å². The Kier molecular flexibility index (Phi) is 5.10. The Bertz CT molecular complexity index is 589. The monoisotopic (exact) mass is 332 g/mol. The van der Waals surface area contributed by atoms with Crippen LogP contribution in [0.2, 0.25) is 0 Å². The van der Waals surface area contributed by atoms with Crippen molar-refractivity contribution in [2.75, 3.05) is 13.7 Å². The van der Waals surface area contributed by atoms with Crippen LogP contribution < -0.4 is 10.0 Å². The standard InChI is InChI=1S/C14H24N2O3S2/c1-10-8-20-12(7-15-11-5-6-11)13(10)21(17,18)16-9-14(2,3)19-4/h8,11,15-16H,5-7,9H2,1-4H3. The molecule has 21 heavy (non-hydrogen) atoms. The van der Waals surface area contributed by atoms with Crippen molar-refractivity contribution in [2.24, 2.45) is 0 Å². The Morgan fingerprint density at radius 2 is 2.10 bits per heavy atom. The lowest BCUT2D eigenvalue weighted by molar-refractivity contribution is 0.0276. The van der Waals surface area contributed by atoms with Crippen molar-refractivity contribution in [3.63, 3.8) is 0 Å². The molecular weight excluding hydrogens is 308 g/mol. The number of hydrogen-bond acceptors (Lipinski definition) is 5. The lowest BCUT2D eigenvalue weighted by Gasteiger charge is -2.23. The molecule has 1 saturated carbocycles. The molecule has 1 fully saturated rings. The number of nitrogens with one attached hydrogen (secondary N) is 2. The van der Waals surface area contributed by atoms with Gasteiger partial charge >= 0.3 is 0 Å². The number of methoxy groups -OCH3 is 1. The molecule has 0 radical (unpaired) electrons. The molecule has 120 valence electrons. The summed E-state index contributed by atoms with van der Waals surface area (Å²) in [6.07, 6.45) is 2.37. The Morgan fingerprint density at radius 1 is 1.43 bits per heavy atom. The maximum absolute atomic E-state index is 12.6. The maximum atomic E-state index is 12.6. The average molecular weight is 332 g/mol. The van der Waals surface area contributed by atoms with Crippen molar-refractivity contribution in [1.29, 1.82) is 0 Å². The average Bonchev–Trinajstić information content (AvgIpc) is 3.17. The summed E-state index contributed by atoms with van der Waals surface area (Å²) in [6, 6.07) is 0.559. The summed E-state index contributed by atoms with van der Waals surface area (Å²) >= 11 is 1.50. The predicted octanol–water partition coefficient (Wildman–Crippen LogP) is 2.01. The van der Waals surface area contributed by atoms with Crippen molar-refractivity contribution >= 4 is 21.4 Å². The van der Waals surface area contributed by atoms with E-state index in [9.17, 15) is 8.42 Å². The van der Waals surface area contributed by atoms with Crippen LogP contribution in [0, 0.1) is 6.92 Å². The highest BCUT2D eigenvalue weighted by Gasteiger charge is 2.27. The van der Waals surface area contributed by atoms with Crippen LogP contribution in [-0.4, -0.2) is 33.7 Å². The van der Waals surface area contributed by atoms with Gasteiger partial charge in [-0.25, -0.2) is 13.1 Å². The van der Waals surface area contributed by atoms with Crippen LogP contribution in [0.1, 0.15) is 37.1 Å². The highest BCUT2D eigenvalue weighted by atomic mass is 32.2. The van der Waals surface area contributed by atoms with Gasteiger partial charge in [-0.05, 0) is 44.6 Å². The fraction of sp³-hybridized carbons (Fsp3) is 0.714. The first-order chi connectivity index (χ1) is 9.75. The van der Waals surface area contributed by atoms with Gasteiger partial charge in [-0.3, -0.25) is 0 Å². The summed E-state index contributed by atoms with van der Waals surface area (Å²) in [6.45, 7) is 6.41. The number of hydrogen-bond donors (Lipinski definition) is 2. The minimum Gasteiger partial charge on any atom is -0.377 e. The van der Waals surface area contributed by atoms with Crippen LogP contribution in [0.3, 0.4) is 0 Å². The SMILES string of the molecule is COC(C)(C)CNS(=O)(=O)c1c(C)csc1CNC1CC1. The molecule has 2 N–H and O–H groups in total. The Hall–Kier alpha value is -0.470. The van der Waals surface area contributed by atoms with Gasteiger partial charge < -0.3 is 10.1 Å². The van der Waals surface area contributed by atoms with E-state index in [1.165, 1.54) is 24.2 Å². The van der Waals surface area contributed by atoms with E-state index in [-0.39, 0.29) is 6.54 Å². The fourth-order valence-electron chi connectivity index (χ4n) is 1.91. The van der Waals surface area contributed by atoms with Crippen molar-refractivity contribution in [1.82, 2.24) is 10.0 Å². The van der Waals surface area contributed by atoms with E-state index in [0.717, 1.165) is 10.4 Å². The van der Waals surface area contributed by atoms with Gasteiger partial charge in [-0.2, -0.15) is 0 Å². The van der Waals surface area contributed by atoms with Gasteiger partial charge in [0, 0.05) is 31.1 Å². The van der Waals surface area contributed by atoms with Crippen LogP contribution in [-0.2, 0) is 21.3 Å². The predicted molar refractivity (Wildman–Crippen MR) is 85.2 cm³/mol. The summed E-state index contributed by atoms with van der Waals surface area (Å²) in [5, 5.41) is 5.28. The molecule has 5 nitrogen and oxygen atoms in total. The number of sulfonamides is 1. The van der Waals surface area contributed by atoms with Gasteiger partial charge in [0.25, 0.3) is 0 Å². The van der Waals surface area contributed by atoms with Crippen LogP contribution in [0.25, 0.3) is 0 Å². The van der Waals surface area contributed by atoms with Crippen LogP contribution in [0.4, 0.5) is 0 Å². The molecule has 1 aliphatic rings. The number of aryl methyl sites for hydroxylation is 1. The van der Waals surface area contributed by atoms with E-state index in [4.69, 9.17) is 4.74 Å². The van der Waals surface area contributed by atoms with E-state index < -0.39 is 15.6 Å². The summed E-state index contributed by atoms with van der Waals surface area (Å²) in [4.78, 5) is 1.30. The molecule has 0 aromatic carbocycles. The van der Waals surface area contributed by atoms with Crippen molar-refractivity contribution < 1.29 is 13.2 Å². The highest BCUT2D eigenvalue weighted by molar-refractivity contribution is 7.89. The lowest BCUT2D eigenvalue weighted by Crippen LogP contribution is -2.40. The Morgan fingerprint density at radius 3 is 2.67 bits per heavy atom. The molecule has 0 bridgehead atoms. The van der Waals surface area contributed by atoms with E-state index in [2.05, 4.69) is 10.0 Å². The second kappa shape index (κ2) is 6.34. The van der Waals surface area contributed by atoms with Crippen LogP contribution in [0.15, 0.2) is 10.3 Å². The summed E-state index contributed by atoms with van der Waals surface area (Å²) in [7, 11) is -1.93. The third kappa shape index (κ3) is 4.50. The molecule has 0 aliphatic heterocycles. The van der Waals surface area contributed by atoms with Crippen LogP contribution >= 0.6 is 11.3 Å². The normalized spacial score (nSPS) is 16.4. The maximum Gasteiger partial charge on any atom is 0.242 e. The second-order valence-electron chi connectivity index (χ2n) is 6.11. The Balaban J connectivity index is 2.12. The molecular formula is C14H24N2O3S2. The lowest BCUT2D eigenvalue weighted by atomic mass is 10.1. The zero-order valence-corrected chi connectivity index (χ0v) is 14.7. The molecule has 1 aliphatic carbocycles. The second-order valence-corrected chi connectivity index (χ2v) is 8.78. The first-order valence-electron chi connectivity index (χ1n) is 7.10. The molecule has 0 spiro atoms. The summed E-state index contributed by atoms with van der Waals surface area (Å²) in [5.41, 5.74) is 0.277. The zero-order valence-electron chi connectivity index (χ0n) is 13.0. The van der Waals surface area contributed by atoms with Gasteiger partial charge in [0.05, 0.1) is 5.60 Å². The first kappa shape index (κ1) is 16.9. The topological polar surface area (TPSA) is 67.4 Å². The minimum atomic E-state index is -3.51. The Labute approximate surface area is 131 Å². The van der Waals surface area contributed by atoms with Gasteiger partial charge in [0.15, 0.2) is 0 Å². The smallest absolute Gasteiger partial charge is 0.242 e. The number of ether oxygens (including phenoxy) is 1. The third-order valence-electron chi connectivity index (χ3n) is 3.63. The largest absolute Gasteiger partial charge is 0.377 e. The van der Waals surface area contributed by atoms with Crippen molar-refractivity contribution in [3.8, 4) is 0 Å². The molecule has 0 saturated heterocycles. The fourth-order valence-corrected chi connectivity index (χ4v) is 4.86. The zero-order chi connectivity index (χ0) is 15.7. The van der Waals surface area contributed by atoms with Gasteiger partial charge in [0.1, 0.15) is 4.90 Å². The highest BCUT2D eigenvalue weighted by Crippen LogP contribution is 2.28. The minimum absolute atomic E-state index is 0.247. The van der Waals surface area contributed by atoms with E-state index >= 15 is 0 Å². The van der Waals surface area contributed by atoms with Gasteiger partial charge in [-0.1, -0.05) is 0 Å². The molecule has 0 amide bonds. The molecule has 0 unspecified atom stereocenters. The molecule has 2 rings (SSSR count). The van der Waals surface area contributed by atoms with E-state index in [0.29, 0.717) is 17.5 Å². The molecule has 7 heteroatoms. The van der Waals surface area contributed by atoms with Gasteiger partial charge in [-0.15, -0.1) is 11.3 Å². The number of thiophene rings is 1. The van der Waals surface area contributed by atoms with E-state index in [1.54, 1.807) is 7.11 Å². The third-order valence-corrected chi connectivity index (χ3v) is 6.49. The molecule has 1 heterocycles. The van der Waals surface area contributed by atoms with Crippen LogP contribution in [0.5, 0.6) is 0 Å². The molecule has 1 aromatic heterocycles. The molecule has 0 atom stereocenters.